The monoisotopic (exact) mass is 238 g/mol. The molecule has 0 aliphatic rings. The molecular weight excluding hydrogens is 232 g/mol. The smallest absolute Gasteiger partial charge is 0.345 e. The maximum Gasteiger partial charge on any atom is 0.345 e. The zero-order valence-electron chi connectivity index (χ0n) is 8.03. The lowest BCUT2D eigenvalue weighted by Crippen LogP contribution is -2.15. The molecule has 82 valence electrons. The van der Waals surface area contributed by atoms with Gasteiger partial charge in [0, 0.05) is 16.1 Å². The molecule has 0 radical (unpaired) electrons. The van der Waals surface area contributed by atoms with E-state index in [0.717, 1.165) is 0 Å². The van der Waals surface area contributed by atoms with Crippen molar-refractivity contribution in [3.8, 4) is 0 Å². The zero-order chi connectivity index (χ0) is 11.7. The number of aromatic nitrogens is 2. The molecule has 2 N–H and O–H groups in total. The Balaban J connectivity index is 2.72. The van der Waals surface area contributed by atoms with Gasteiger partial charge in [-0.15, -0.1) is 0 Å². The summed E-state index contributed by atoms with van der Waals surface area (Å²) in [4.78, 5) is 27.9. The highest BCUT2D eigenvalue weighted by Crippen LogP contribution is 2.18. The molecule has 0 atom stereocenters. The minimum atomic E-state index is -1.02. The summed E-state index contributed by atoms with van der Waals surface area (Å²) < 4.78 is 0. The number of carboxylic acid groups (broad SMARTS) is 1. The topological polar surface area (TPSA) is 83.0 Å². The quantitative estimate of drug-likeness (QED) is 0.824. The Hall–Kier alpha value is -1.88. The molecule has 1 aromatic heterocycles. The first-order chi connectivity index (χ1) is 7.56. The van der Waals surface area contributed by atoms with Gasteiger partial charge in [0.05, 0.1) is 11.9 Å². The predicted octanol–water partition coefficient (Wildman–Crippen LogP) is 1.20. The highest BCUT2D eigenvalue weighted by atomic mass is 35.5. The van der Waals surface area contributed by atoms with Crippen LogP contribution < -0.4 is 5.69 Å². The van der Waals surface area contributed by atoms with Crippen molar-refractivity contribution in [2.24, 2.45) is 0 Å². The van der Waals surface area contributed by atoms with Gasteiger partial charge in [0.25, 0.3) is 0 Å². The maximum absolute atomic E-state index is 11.2. The fraction of sp³-hybridized carbons (Fsp3) is 0.100. The molecule has 0 aliphatic heterocycles. The van der Waals surface area contributed by atoms with E-state index in [4.69, 9.17) is 16.7 Å². The Morgan fingerprint density at radius 1 is 1.50 bits per heavy atom. The number of aliphatic carboxylic acids is 1. The van der Waals surface area contributed by atoms with Crippen molar-refractivity contribution in [1.82, 2.24) is 9.97 Å². The van der Waals surface area contributed by atoms with Crippen LogP contribution in [0.25, 0.3) is 10.9 Å². The van der Waals surface area contributed by atoms with Crippen LogP contribution in [0.1, 0.15) is 5.69 Å². The third-order valence-corrected chi connectivity index (χ3v) is 2.33. The van der Waals surface area contributed by atoms with E-state index < -0.39 is 11.7 Å². The Morgan fingerprint density at radius 3 is 2.94 bits per heavy atom. The molecule has 2 rings (SSSR count). The van der Waals surface area contributed by atoms with Crippen LogP contribution in [0.15, 0.2) is 23.0 Å². The summed E-state index contributed by atoms with van der Waals surface area (Å²) >= 11 is 5.76. The first kappa shape index (κ1) is 10.6. The summed E-state index contributed by atoms with van der Waals surface area (Å²) in [6.45, 7) is 0. The Morgan fingerprint density at radius 2 is 2.25 bits per heavy atom. The van der Waals surface area contributed by atoms with E-state index in [2.05, 4.69) is 9.97 Å². The molecule has 0 saturated carbocycles. The van der Waals surface area contributed by atoms with Gasteiger partial charge in [0.1, 0.15) is 0 Å². The zero-order valence-corrected chi connectivity index (χ0v) is 8.78. The van der Waals surface area contributed by atoms with Gasteiger partial charge in [-0.2, -0.15) is 4.98 Å². The lowest BCUT2D eigenvalue weighted by molar-refractivity contribution is -0.136. The molecule has 0 fully saturated rings. The predicted molar refractivity (Wildman–Crippen MR) is 58.7 cm³/mol. The molecule has 1 heterocycles. The number of H-pyrrole nitrogens is 1. The average Bonchev–Trinajstić information content (AvgIpc) is 2.15. The van der Waals surface area contributed by atoms with Crippen LogP contribution in [-0.4, -0.2) is 21.0 Å². The number of nitrogens with one attached hydrogen (secondary N) is 1. The fourth-order valence-corrected chi connectivity index (χ4v) is 1.64. The Kier molecular flexibility index (Phi) is 2.62. The van der Waals surface area contributed by atoms with Crippen molar-refractivity contribution >= 4 is 28.5 Å². The van der Waals surface area contributed by atoms with E-state index in [1.807, 2.05) is 0 Å². The van der Waals surface area contributed by atoms with Gasteiger partial charge in [0.15, 0.2) is 0 Å². The minimum absolute atomic E-state index is 0.254. The summed E-state index contributed by atoms with van der Waals surface area (Å²) in [6, 6.07) is 4.78. The molecule has 0 saturated heterocycles. The number of carboxylic acids is 1. The Bertz CT molecular complexity index is 621. The normalized spacial score (nSPS) is 10.6. The van der Waals surface area contributed by atoms with Crippen LogP contribution in [-0.2, 0) is 11.2 Å². The highest BCUT2D eigenvalue weighted by molar-refractivity contribution is 6.31. The SMILES string of the molecule is O=C(O)Cc1[nH]c(=O)nc2cc(Cl)ccc12. The molecule has 16 heavy (non-hydrogen) atoms. The fourth-order valence-electron chi connectivity index (χ4n) is 1.48. The van der Waals surface area contributed by atoms with Crippen molar-refractivity contribution in [2.75, 3.05) is 0 Å². The molecule has 0 spiro atoms. The summed E-state index contributed by atoms with van der Waals surface area (Å²) in [6.07, 6.45) is -0.254. The summed E-state index contributed by atoms with van der Waals surface area (Å²) in [5.74, 6) is -1.02. The minimum Gasteiger partial charge on any atom is -0.481 e. The maximum atomic E-state index is 11.2. The molecule has 0 aliphatic carbocycles. The molecule has 0 unspecified atom stereocenters. The second-order valence-electron chi connectivity index (χ2n) is 3.25. The van der Waals surface area contributed by atoms with E-state index in [-0.39, 0.29) is 6.42 Å². The van der Waals surface area contributed by atoms with Crippen LogP contribution in [0.3, 0.4) is 0 Å². The van der Waals surface area contributed by atoms with Gasteiger partial charge in [-0.1, -0.05) is 11.6 Å². The second-order valence-corrected chi connectivity index (χ2v) is 3.69. The number of fused-ring (bicyclic) bond motifs is 1. The highest BCUT2D eigenvalue weighted by Gasteiger charge is 2.08. The van der Waals surface area contributed by atoms with Crippen LogP contribution in [0.4, 0.5) is 0 Å². The lowest BCUT2D eigenvalue weighted by Gasteiger charge is -2.03. The standard InChI is InChI=1S/C10H7ClN2O3/c11-5-1-2-6-7(3-5)12-10(16)13-8(6)4-9(14)15/h1-3H,4H2,(H,14,15)(H,12,13,16). The molecule has 2 aromatic rings. The van der Waals surface area contributed by atoms with E-state index in [1.165, 1.54) is 6.07 Å². The molecule has 0 bridgehead atoms. The van der Waals surface area contributed by atoms with Crippen molar-refractivity contribution in [2.45, 2.75) is 6.42 Å². The number of rotatable bonds is 2. The van der Waals surface area contributed by atoms with Crippen LogP contribution in [0, 0.1) is 0 Å². The largest absolute Gasteiger partial charge is 0.481 e. The van der Waals surface area contributed by atoms with Crippen LogP contribution in [0.5, 0.6) is 0 Å². The van der Waals surface area contributed by atoms with Gasteiger partial charge >= 0.3 is 11.7 Å². The van der Waals surface area contributed by atoms with E-state index >= 15 is 0 Å². The van der Waals surface area contributed by atoms with Gasteiger partial charge < -0.3 is 10.1 Å². The number of hydrogen-bond donors (Lipinski definition) is 2. The van der Waals surface area contributed by atoms with Crippen molar-refractivity contribution in [1.29, 1.82) is 0 Å². The lowest BCUT2D eigenvalue weighted by atomic mass is 10.1. The molecule has 5 nitrogen and oxygen atoms in total. The van der Waals surface area contributed by atoms with E-state index in [0.29, 0.717) is 21.6 Å². The number of benzene rings is 1. The van der Waals surface area contributed by atoms with Crippen LogP contribution in [0.2, 0.25) is 5.02 Å². The number of carbonyl (C=O) groups is 1. The third-order valence-electron chi connectivity index (χ3n) is 2.09. The van der Waals surface area contributed by atoms with Crippen molar-refractivity contribution < 1.29 is 9.90 Å². The van der Waals surface area contributed by atoms with Crippen LogP contribution >= 0.6 is 11.6 Å². The summed E-state index contributed by atoms with van der Waals surface area (Å²) in [5, 5.41) is 9.74. The molecule has 0 amide bonds. The average molecular weight is 239 g/mol. The molecule has 1 aromatic carbocycles. The third kappa shape index (κ3) is 2.04. The van der Waals surface area contributed by atoms with E-state index in [1.54, 1.807) is 12.1 Å². The first-order valence-corrected chi connectivity index (χ1v) is 4.84. The number of hydrogen-bond acceptors (Lipinski definition) is 3. The molecular formula is C10H7ClN2O3. The summed E-state index contributed by atoms with van der Waals surface area (Å²) in [7, 11) is 0. The summed E-state index contributed by atoms with van der Waals surface area (Å²) in [5.41, 5.74) is 0.151. The second kappa shape index (κ2) is 3.94. The van der Waals surface area contributed by atoms with Gasteiger partial charge in [-0.05, 0) is 18.2 Å². The number of halogens is 1. The number of aromatic amines is 1. The van der Waals surface area contributed by atoms with Gasteiger partial charge in [-0.25, -0.2) is 4.79 Å². The van der Waals surface area contributed by atoms with Gasteiger partial charge in [-0.3, -0.25) is 4.79 Å². The molecule has 6 heteroatoms. The van der Waals surface area contributed by atoms with Gasteiger partial charge in [0.2, 0.25) is 0 Å². The first-order valence-electron chi connectivity index (χ1n) is 4.46. The Labute approximate surface area is 94.7 Å². The van der Waals surface area contributed by atoms with Crippen molar-refractivity contribution in [3.63, 3.8) is 0 Å². The van der Waals surface area contributed by atoms with E-state index in [9.17, 15) is 9.59 Å². The van der Waals surface area contributed by atoms with Crippen molar-refractivity contribution in [3.05, 3.63) is 39.4 Å². The number of nitrogens with zero attached hydrogens (tertiary/aromatic N) is 1.